The maximum absolute atomic E-state index is 14.2. The van der Waals surface area contributed by atoms with E-state index < -0.39 is 29.5 Å². The van der Waals surface area contributed by atoms with Gasteiger partial charge in [-0.2, -0.15) is 0 Å². The van der Waals surface area contributed by atoms with Crippen LogP contribution in [-0.2, 0) is 16.0 Å². The molecule has 1 atom stereocenters. The summed E-state index contributed by atoms with van der Waals surface area (Å²) in [5.41, 5.74) is 5.70. The van der Waals surface area contributed by atoms with Crippen LogP contribution in [-0.4, -0.2) is 28.6 Å². The van der Waals surface area contributed by atoms with Gasteiger partial charge in [-0.25, -0.2) is 9.37 Å². The number of nitrogens with one attached hydrogen (secondary N) is 1. The van der Waals surface area contributed by atoms with Crippen LogP contribution in [0.1, 0.15) is 22.0 Å². The summed E-state index contributed by atoms with van der Waals surface area (Å²) in [7, 11) is 0. The lowest BCUT2D eigenvalue weighted by molar-refractivity contribution is -0.137. The van der Waals surface area contributed by atoms with Gasteiger partial charge >= 0.3 is 0 Å². The Morgan fingerprint density at radius 3 is 2.50 bits per heavy atom. The number of amides is 2. The van der Waals surface area contributed by atoms with Crippen LogP contribution >= 0.6 is 11.6 Å². The van der Waals surface area contributed by atoms with Crippen molar-refractivity contribution in [1.29, 1.82) is 0 Å². The van der Waals surface area contributed by atoms with E-state index in [0.29, 0.717) is 10.6 Å². The van der Waals surface area contributed by atoms with Gasteiger partial charge in [0.05, 0.1) is 0 Å². The highest BCUT2D eigenvalue weighted by Crippen LogP contribution is 2.26. The Balaban J connectivity index is 1.93. The Kier molecular flexibility index (Phi) is 6.27. The number of rotatable bonds is 7. The third-order valence-electron chi connectivity index (χ3n) is 4.32. The van der Waals surface area contributed by atoms with Crippen molar-refractivity contribution < 1.29 is 23.2 Å². The molecule has 0 aliphatic heterocycles. The van der Waals surface area contributed by atoms with Crippen molar-refractivity contribution in [3.63, 3.8) is 0 Å². The summed E-state index contributed by atoms with van der Waals surface area (Å²) in [6, 6.07) is 11.1. The normalized spacial score (nSPS) is 11.7. The Bertz CT molecular complexity index is 1130. The summed E-state index contributed by atoms with van der Waals surface area (Å²) in [5, 5.41) is 2.79. The van der Waals surface area contributed by atoms with Crippen LogP contribution in [0.25, 0.3) is 11.3 Å². The molecule has 0 fully saturated rings. The third-order valence-corrected chi connectivity index (χ3v) is 4.68. The number of Topliss-reactive ketones (excluding diaryl/α,β-unsaturated/α-hetero) is 1. The van der Waals surface area contributed by atoms with Crippen molar-refractivity contribution in [3.05, 3.63) is 76.6 Å². The fraction of sp³-hybridized carbons (Fsp3) is 0.143. The van der Waals surface area contributed by atoms with Gasteiger partial charge in [0.2, 0.25) is 11.5 Å². The molecule has 0 spiro atoms. The van der Waals surface area contributed by atoms with Gasteiger partial charge in [0.1, 0.15) is 17.6 Å². The Hall–Kier alpha value is -3.52. The number of ketones is 1. The van der Waals surface area contributed by atoms with Crippen LogP contribution in [0.2, 0.25) is 5.02 Å². The lowest BCUT2D eigenvalue weighted by atomic mass is 10.0. The number of benzene rings is 2. The van der Waals surface area contributed by atoms with E-state index in [4.69, 9.17) is 21.8 Å². The molecule has 9 heteroatoms. The molecule has 154 valence electrons. The van der Waals surface area contributed by atoms with Crippen molar-refractivity contribution in [2.45, 2.75) is 19.4 Å². The summed E-state index contributed by atoms with van der Waals surface area (Å²) >= 11 is 6.12. The van der Waals surface area contributed by atoms with E-state index in [1.807, 2.05) is 0 Å². The monoisotopic (exact) mass is 429 g/mol. The molecule has 3 aromatic rings. The van der Waals surface area contributed by atoms with Gasteiger partial charge in [0.15, 0.2) is 5.89 Å². The van der Waals surface area contributed by atoms with Gasteiger partial charge < -0.3 is 15.5 Å². The number of hydrogen-bond donors (Lipinski definition) is 2. The molecule has 0 bridgehead atoms. The molecule has 7 nitrogen and oxygen atoms in total. The van der Waals surface area contributed by atoms with E-state index >= 15 is 0 Å². The van der Waals surface area contributed by atoms with E-state index in [1.54, 1.807) is 30.3 Å². The standard InChI is InChI=1S/C21H17ClFN3O4/c1-11-25-17(13-7-3-5-9-15(13)23)19(30-11)21(29)26-16(18(27)20(24)28)10-12-6-2-4-8-14(12)22/h2-9,16H,10H2,1H3,(H2,24,28)(H,26,29). The zero-order valence-corrected chi connectivity index (χ0v) is 16.6. The third kappa shape index (κ3) is 4.55. The second-order valence-electron chi connectivity index (χ2n) is 6.44. The molecule has 0 saturated carbocycles. The SMILES string of the molecule is Cc1nc(-c2ccccc2F)c(C(=O)NC(Cc2ccccc2Cl)C(=O)C(N)=O)o1. The molecular weight excluding hydrogens is 413 g/mol. The molecule has 0 aliphatic rings. The number of hydrogen-bond acceptors (Lipinski definition) is 5. The van der Waals surface area contributed by atoms with E-state index in [-0.39, 0.29) is 29.3 Å². The van der Waals surface area contributed by atoms with Crippen LogP contribution < -0.4 is 11.1 Å². The molecular formula is C21H17ClFN3O4. The number of nitrogens with two attached hydrogens (primary N) is 1. The van der Waals surface area contributed by atoms with Gasteiger partial charge in [-0.15, -0.1) is 0 Å². The van der Waals surface area contributed by atoms with Crippen LogP contribution in [0, 0.1) is 12.7 Å². The molecule has 3 rings (SSSR count). The van der Waals surface area contributed by atoms with Crippen molar-refractivity contribution in [2.75, 3.05) is 0 Å². The first-order valence-corrected chi connectivity index (χ1v) is 9.26. The van der Waals surface area contributed by atoms with Crippen LogP contribution in [0.3, 0.4) is 0 Å². The summed E-state index contributed by atoms with van der Waals surface area (Å²) in [6.45, 7) is 1.50. The predicted molar refractivity (Wildman–Crippen MR) is 107 cm³/mol. The minimum atomic E-state index is -1.30. The number of aryl methyl sites for hydroxylation is 1. The van der Waals surface area contributed by atoms with E-state index in [2.05, 4.69) is 10.3 Å². The van der Waals surface area contributed by atoms with Crippen LogP contribution in [0.4, 0.5) is 4.39 Å². The summed E-state index contributed by atoms with van der Waals surface area (Å²) in [4.78, 5) is 40.7. The lowest BCUT2D eigenvalue weighted by Gasteiger charge is -2.16. The van der Waals surface area contributed by atoms with E-state index in [0.717, 1.165) is 0 Å². The van der Waals surface area contributed by atoms with E-state index in [1.165, 1.54) is 25.1 Å². The average molecular weight is 430 g/mol. The summed E-state index contributed by atoms with van der Waals surface area (Å²) in [6.07, 6.45) is -0.0741. The largest absolute Gasteiger partial charge is 0.435 e. The topological polar surface area (TPSA) is 115 Å². The second kappa shape index (κ2) is 8.87. The van der Waals surface area contributed by atoms with Gasteiger partial charge in [-0.05, 0) is 23.8 Å². The number of aromatic nitrogens is 1. The van der Waals surface area contributed by atoms with Crippen LogP contribution in [0.5, 0.6) is 0 Å². The minimum absolute atomic E-state index is 0.0221. The quantitative estimate of drug-likeness (QED) is 0.560. The highest BCUT2D eigenvalue weighted by Gasteiger charge is 2.30. The van der Waals surface area contributed by atoms with E-state index in [9.17, 15) is 18.8 Å². The highest BCUT2D eigenvalue weighted by atomic mass is 35.5. The molecule has 1 heterocycles. The van der Waals surface area contributed by atoms with Crippen molar-refractivity contribution in [2.24, 2.45) is 5.73 Å². The smallest absolute Gasteiger partial charge is 0.290 e. The van der Waals surface area contributed by atoms with Gasteiger partial charge in [0.25, 0.3) is 11.8 Å². The second-order valence-corrected chi connectivity index (χ2v) is 6.85. The number of primary amides is 1. The predicted octanol–water partition coefficient (Wildman–Crippen LogP) is 2.84. The van der Waals surface area contributed by atoms with Crippen molar-refractivity contribution in [3.8, 4) is 11.3 Å². The van der Waals surface area contributed by atoms with Gasteiger partial charge in [-0.1, -0.05) is 41.9 Å². The summed E-state index contributed by atoms with van der Waals surface area (Å²) in [5.74, 6) is -3.83. The zero-order chi connectivity index (χ0) is 21.8. The maximum atomic E-state index is 14.2. The first kappa shape index (κ1) is 21.2. The van der Waals surface area contributed by atoms with Crippen LogP contribution in [0.15, 0.2) is 52.9 Å². The number of nitrogens with zero attached hydrogens (tertiary/aromatic N) is 1. The molecule has 1 aromatic heterocycles. The highest BCUT2D eigenvalue weighted by molar-refractivity contribution is 6.38. The van der Waals surface area contributed by atoms with Crippen molar-refractivity contribution in [1.82, 2.24) is 10.3 Å². The fourth-order valence-corrected chi connectivity index (χ4v) is 3.12. The first-order valence-electron chi connectivity index (χ1n) is 8.88. The first-order chi connectivity index (χ1) is 14.3. The molecule has 0 radical (unpaired) electrons. The number of halogens is 2. The molecule has 1 unspecified atom stereocenters. The molecule has 2 aromatic carbocycles. The maximum Gasteiger partial charge on any atom is 0.290 e. The zero-order valence-electron chi connectivity index (χ0n) is 15.8. The molecule has 30 heavy (non-hydrogen) atoms. The Morgan fingerprint density at radius 2 is 1.83 bits per heavy atom. The number of carbonyl (C=O) groups is 3. The minimum Gasteiger partial charge on any atom is -0.435 e. The molecule has 0 aliphatic carbocycles. The lowest BCUT2D eigenvalue weighted by Crippen LogP contribution is -2.47. The van der Waals surface area contributed by atoms with Gasteiger partial charge in [0, 0.05) is 23.9 Å². The fourth-order valence-electron chi connectivity index (χ4n) is 2.91. The Morgan fingerprint density at radius 1 is 1.17 bits per heavy atom. The Labute approximate surface area is 176 Å². The summed E-state index contributed by atoms with van der Waals surface area (Å²) < 4.78 is 19.6. The van der Waals surface area contributed by atoms with Gasteiger partial charge in [-0.3, -0.25) is 14.4 Å². The number of oxazole rings is 1. The molecule has 2 amide bonds. The molecule has 3 N–H and O–H groups in total. The number of carbonyl (C=O) groups excluding carboxylic acids is 3. The molecule has 0 saturated heterocycles. The average Bonchev–Trinajstić information content (AvgIpc) is 3.10. The van der Waals surface area contributed by atoms with Crippen molar-refractivity contribution >= 4 is 29.2 Å².